The summed E-state index contributed by atoms with van der Waals surface area (Å²) < 4.78 is 0. The van der Waals surface area contributed by atoms with Crippen LogP contribution in [0.1, 0.15) is 25.0 Å². The van der Waals surface area contributed by atoms with Gasteiger partial charge in [-0.25, -0.2) is 0 Å². The summed E-state index contributed by atoms with van der Waals surface area (Å²) in [5, 5.41) is 2.76. The first-order valence-electron chi connectivity index (χ1n) is 8.33. The molecule has 2 aromatic carbocycles. The highest BCUT2D eigenvalue weighted by molar-refractivity contribution is 6.01. The summed E-state index contributed by atoms with van der Waals surface area (Å²) in [6.45, 7) is 8.42. The van der Waals surface area contributed by atoms with Gasteiger partial charge in [0.1, 0.15) is 0 Å². The Morgan fingerprint density at radius 3 is 2.60 bits per heavy atom. The van der Waals surface area contributed by atoms with E-state index in [9.17, 15) is 9.59 Å². The zero-order valence-electron chi connectivity index (χ0n) is 14.6. The molecule has 0 saturated carbocycles. The fourth-order valence-electron chi connectivity index (χ4n) is 3.31. The van der Waals surface area contributed by atoms with Gasteiger partial charge in [0, 0.05) is 23.3 Å². The molecule has 1 heterocycles. The van der Waals surface area contributed by atoms with E-state index in [0.29, 0.717) is 12.2 Å². The second-order valence-corrected chi connectivity index (χ2v) is 6.91. The number of amides is 2. The van der Waals surface area contributed by atoms with Crippen LogP contribution in [0.15, 0.2) is 61.2 Å². The number of hydrogen-bond acceptors (Lipinski definition) is 2. The molecule has 0 unspecified atom stereocenters. The van der Waals surface area contributed by atoms with Crippen molar-refractivity contribution in [2.45, 2.75) is 25.7 Å². The molecule has 0 aliphatic carbocycles. The number of benzene rings is 2. The van der Waals surface area contributed by atoms with Gasteiger partial charge >= 0.3 is 0 Å². The zero-order chi connectivity index (χ0) is 18.0. The Kier molecular flexibility index (Phi) is 4.45. The molecule has 0 aromatic heterocycles. The van der Waals surface area contributed by atoms with Crippen LogP contribution in [0.4, 0.5) is 11.4 Å². The Morgan fingerprint density at radius 1 is 1.16 bits per heavy atom. The number of carbonyl (C=O) groups excluding carboxylic acids is 2. The first-order valence-corrected chi connectivity index (χ1v) is 8.33. The fourth-order valence-corrected chi connectivity index (χ4v) is 3.31. The Hall–Kier alpha value is -2.88. The molecule has 25 heavy (non-hydrogen) atoms. The van der Waals surface area contributed by atoms with E-state index in [1.165, 1.54) is 11.6 Å². The van der Waals surface area contributed by atoms with Gasteiger partial charge in [0.2, 0.25) is 11.8 Å². The monoisotopic (exact) mass is 334 g/mol. The van der Waals surface area contributed by atoms with Gasteiger partial charge < -0.3 is 10.2 Å². The van der Waals surface area contributed by atoms with Gasteiger partial charge in [-0.05, 0) is 29.3 Å². The molecule has 4 nitrogen and oxygen atoms in total. The molecular formula is C21H22N2O2. The number of anilines is 2. The van der Waals surface area contributed by atoms with Crippen LogP contribution in [0.25, 0.3) is 0 Å². The number of rotatable bonds is 4. The Labute approximate surface area is 148 Å². The van der Waals surface area contributed by atoms with Crippen molar-refractivity contribution in [2.75, 3.05) is 16.8 Å². The predicted molar refractivity (Wildman–Crippen MR) is 101 cm³/mol. The van der Waals surface area contributed by atoms with E-state index in [0.717, 1.165) is 11.3 Å². The minimum absolute atomic E-state index is 0.0262. The van der Waals surface area contributed by atoms with Crippen molar-refractivity contribution in [3.63, 3.8) is 0 Å². The molecule has 0 atom stereocenters. The minimum Gasteiger partial charge on any atom is -0.322 e. The number of fused-ring (bicyclic) bond motifs is 1. The molecular weight excluding hydrogens is 312 g/mol. The topological polar surface area (TPSA) is 49.4 Å². The Bertz CT molecular complexity index is 839. The molecule has 1 N–H and O–H groups in total. The summed E-state index contributed by atoms with van der Waals surface area (Å²) in [6.07, 6.45) is 1.45. The molecule has 1 aliphatic heterocycles. The summed E-state index contributed by atoms with van der Waals surface area (Å²) in [4.78, 5) is 26.4. The normalized spacial score (nSPS) is 14.7. The third-order valence-corrected chi connectivity index (χ3v) is 4.58. The van der Waals surface area contributed by atoms with Gasteiger partial charge in [0.15, 0.2) is 0 Å². The minimum atomic E-state index is -0.285. The quantitative estimate of drug-likeness (QED) is 0.867. The predicted octanol–water partition coefficient (Wildman–Crippen LogP) is 3.68. The van der Waals surface area contributed by atoms with Gasteiger partial charge in [-0.1, -0.05) is 56.8 Å². The van der Waals surface area contributed by atoms with E-state index >= 15 is 0 Å². The highest BCUT2D eigenvalue weighted by Gasteiger charge is 2.37. The van der Waals surface area contributed by atoms with Crippen LogP contribution >= 0.6 is 0 Å². The molecule has 2 aromatic rings. The molecule has 4 heteroatoms. The van der Waals surface area contributed by atoms with Crippen molar-refractivity contribution in [3.8, 4) is 0 Å². The standard InChI is InChI=1S/C21H22N2O2/c1-4-19(24)22-17-11-7-5-9-15(17)13-20(25)23-14-21(2,3)16-10-6-8-12-18(16)23/h4-12H,1,13-14H2,2-3H3,(H,22,24). The lowest BCUT2D eigenvalue weighted by atomic mass is 9.87. The number of nitrogens with one attached hydrogen (secondary N) is 1. The van der Waals surface area contributed by atoms with Crippen molar-refractivity contribution in [1.82, 2.24) is 0 Å². The van der Waals surface area contributed by atoms with E-state index in [-0.39, 0.29) is 23.7 Å². The van der Waals surface area contributed by atoms with Gasteiger partial charge in [-0.3, -0.25) is 9.59 Å². The van der Waals surface area contributed by atoms with Crippen LogP contribution < -0.4 is 10.2 Å². The molecule has 3 rings (SSSR count). The van der Waals surface area contributed by atoms with Crippen molar-refractivity contribution >= 4 is 23.2 Å². The van der Waals surface area contributed by atoms with Crippen LogP contribution in [0.3, 0.4) is 0 Å². The molecule has 2 amide bonds. The summed E-state index contributed by atoms with van der Waals surface area (Å²) in [5.41, 5.74) is 3.54. The average Bonchev–Trinajstić information content (AvgIpc) is 2.88. The highest BCUT2D eigenvalue weighted by atomic mass is 16.2. The third kappa shape index (κ3) is 3.33. The van der Waals surface area contributed by atoms with Gasteiger partial charge in [-0.2, -0.15) is 0 Å². The van der Waals surface area contributed by atoms with E-state index in [2.05, 4.69) is 31.8 Å². The largest absolute Gasteiger partial charge is 0.322 e. The van der Waals surface area contributed by atoms with Gasteiger partial charge in [0.25, 0.3) is 0 Å². The molecule has 0 spiro atoms. The van der Waals surface area contributed by atoms with Gasteiger partial charge in [0.05, 0.1) is 6.42 Å². The Balaban J connectivity index is 1.85. The first-order chi connectivity index (χ1) is 11.9. The van der Waals surface area contributed by atoms with Crippen LogP contribution in [0, 0.1) is 0 Å². The third-order valence-electron chi connectivity index (χ3n) is 4.58. The van der Waals surface area contributed by atoms with Crippen molar-refractivity contribution in [1.29, 1.82) is 0 Å². The first kappa shape index (κ1) is 17.0. The molecule has 128 valence electrons. The van der Waals surface area contributed by atoms with E-state index in [1.807, 2.05) is 41.3 Å². The van der Waals surface area contributed by atoms with Crippen LogP contribution in [0.5, 0.6) is 0 Å². The van der Waals surface area contributed by atoms with Crippen molar-refractivity contribution < 1.29 is 9.59 Å². The van der Waals surface area contributed by atoms with E-state index in [1.54, 1.807) is 6.07 Å². The summed E-state index contributed by atoms with van der Waals surface area (Å²) in [5.74, 6) is -0.258. The molecule has 1 aliphatic rings. The second-order valence-electron chi connectivity index (χ2n) is 6.91. The smallest absolute Gasteiger partial charge is 0.247 e. The van der Waals surface area contributed by atoms with Crippen LogP contribution in [0.2, 0.25) is 0 Å². The summed E-state index contributed by atoms with van der Waals surface area (Å²) in [6, 6.07) is 15.4. The van der Waals surface area contributed by atoms with Crippen LogP contribution in [-0.4, -0.2) is 18.4 Å². The van der Waals surface area contributed by atoms with Gasteiger partial charge in [-0.15, -0.1) is 0 Å². The van der Waals surface area contributed by atoms with Crippen molar-refractivity contribution in [2.24, 2.45) is 0 Å². The molecule has 0 saturated heterocycles. The van der Waals surface area contributed by atoms with E-state index < -0.39 is 0 Å². The SMILES string of the molecule is C=CC(=O)Nc1ccccc1CC(=O)N1CC(C)(C)c2ccccc21. The second kappa shape index (κ2) is 6.55. The maximum absolute atomic E-state index is 13.0. The average molecular weight is 334 g/mol. The number of nitrogens with zero attached hydrogens (tertiary/aromatic N) is 1. The van der Waals surface area contributed by atoms with Crippen molar-refractivity contribution in [3.05, 3.63) is 72.3 Å². The summed E-state index contributed by atoms with van der Waals surface area (Å²) in [7, 11) is 0. The lowest BCUT2D eigenvalue weighted by Gasteiger charge is -2.21. The molecule has 0 radical (unpaired) electrons. The number of para-hydroxylation sites is 2. The highest BCUT2D eigenvalue weighted by Crippen LogP contribution is 2.40. The zero-order valence-corrected chi connectivity index (χ0v) is 14.6. The van der Waals surface area contributed by atoms with Crippen LogP contribution in [-0.2, 0) is 21.4 Å². The Morgan fingerprint density at radius 2 is 1.84 bits per heavy atom. The maximum Gasteiger partial charge on any atom is 0.247 e. The summed E-state index contributed by atoms with van der Waals surface area (Å²) >= 11 is 0. The fraction of sp³-hybridized carbons (Fsp3) is 0.238. The molecule has 0 fully saturated rings. The molecule has 0 bridgehead atoms. The maximum atomic E-state index is 13.0. The lowest BCUT2D eigenvalue weighted by molar-refractivity contribution is -0.118. The lowest BCUT2D eigenvalue weighted by Crippen LogP contribution is -2.35. The van der Waals surface area contributed by atoms with E-state index in [4.69, 9.17) is 0 Å². The number of carbonyl (C=O) groups is 2. The number of hydrogen-bond donors (Lipinski definition) is 1.